The summed E-state index contributed by atoms with van der Waals surface area (Å²) in [5.74, 6) is 0.250. The number of fused-ring (bicyclic) bond motifs is 4. The molecule has 4 aromatic rings. The molecule has 0 bridgehead atoms. The monoisotopic (exact) mass is 434 g/mol. The minimum absolute atomic E-state index is 0.0757. The summed E-state index contributed by atoms with van der Waals surface area (Å²) < 4.78 is 18.0. The SMILES string of the molecule is COc1cccc(NC(=O)Cn2cnc3c(oc4nc5c(cc43)COC(C)(C)C5)c2=O)c1. The Morgan fingerprint density at radius 2 is 2.16 bits per heavy atom. The van der Waals surface area contributed by atoms with Gasteiger partial charge in [-0.1, -0.05) is 6.07 Å². The summed E-state index contributed by atoms with van der Waals surface area (Å²) >= 11 is 0. The van der Waals surface area contributed by atoms with E-state index in [4.69, 9.17) is 13.9 Å². The Morgan fingerprint density at radius 3 is 2.97 bits per heavy atom. The maximum absolute atomic E-state index is 13.0. The zero-order valence-electron chi connectivity index (χ0n) is 18.0. The van der Waals surface area contributed by atoms with Gasteiger partial charge < -0.3 is 19.2 Å². The van der Waals surface area contributed by atoms with Crippen LogP contribution >= 0.6 is 0 Å². The molecule has 1 aliphatic rings. The normalized spacial score (nSPS) is 15.0. The number of ether oxygens (including phenoxy) is 2. The van der Waals surface area contributed by atoms with E-state index in [1.54, 1.807) is 31.4 Å². The Morgan fingerprint density at radius 1 is 1.31 bits per heavy atom. The standard InChI is InChI=1S/C23H22N4O5/c1-23(2)9-17-13(11-31-23)7-16-19-20(32-21(16)26-17)22(29)27(12-24-19)10-18(28)25-14-5-4-6-15(8-14)30-3/h4-8,12H,9-11H2,1-3H3,(H,25,28). The van der Waals surface area contributed by atoms with Gasteiger partial charge >= 0.3 is 0 Å². The first-order valence-corrected chi connectivity index (χ1v) is 10.2. The van der Waals surface area contributed by atoms with E-state index >= 15 is 0 Å². The molecular formula is C23H22N4O5. The molecule has 0 saturated carbocycles. The number of methoxy groups -OCH3 is 1. The molecule has 0 unspecified atom stereocenters. The molecule has 9 nitrogen and oxygen atoms in total. The molecule has 0 spiro atoms. The summed E-state index contributed by atoms with van der Waals surface area (Å²) in [5, 5.41) is 3.41. The minimum atomic E-state index is -0.441. The van der Waals surface area contributed by atoms with Gasteiger partial charge in [-0.25, -0.2) is 9.97 Å². The average Bonchev–Trinajstić information content (AvgIpc) is 3.12. The van der Waals surface area contributed by atoms with Crippen LogP contribution in [-0.4, -0.2) is 33.2 Å². The summed E-state index contributed by atoms with van der Waals surface area (Å²) in [5.41, 5.74) is 2.54. The number of carbonyl (C=O) groups is 1. The number of furan rings is 1. The van der Waals surface area contributed by atoms with Gasteiger partial charge in [0.25, 0.3) is 5.56 Å². The van der Waals surface area contributed by atoms with Crippen LogP contribution in [0.15, 0.2) is 45.9 Å². The number of aromatic nitrogens is 3. The third kappa shape index (κ3) is 3.60. The number of benzene rings is 1. The van der Waals surface area contributed by atoms with Crippen molar-refractivity contribution in [3.63, 3.8) is 0 Å². The van der Waals surface area contributed by atoms with Gasteiger partial charge in [0, 0.05) is 23.7 Å². The molecule has 1 N–H and O–H groups in total. The van der Waals surface area contributed by atoms with Crippen LogP contribution < -0.4 is 15.6 Å². The summed E-state index contributed by atoms with van der Waals surface area (Å²) in [7, 11) is 1.55. The van der Waals surface area contributed by atoms with E-state index in [1.807, 2.05) is 19.9 Å². The zero-order chi connectivity index (χ0) is 22.5. The second kappa shape index (κ2) is 7.45. The van der Waals surface area contributed by atoms with Crippen molar-refractivity contribution in [1.82, 2.24) is 14.5 Å². The molecule has 0 saturated heterocycles. The third-order valence-electron chi connectivity index (χ3n) is 5.49. The Balaban J connectivity index is 1.46. The highest BCUT2D eigenvalue weighted by atomic mass is 16.5. The molecule has 164 valence electrons. The summed E-state index contributed by atoms with van der Waals surface area (Å²) in [6, 6.07) is 8.90. The quantitative estimate of drug-likeness (QED) is 0.526. The first kappa shape index (κ1) is 20.2. The summed E-state index contributed by atoms with van der Waals surface area (Å²) in [6.45, 7) is 4.26. The van der Waals surface area contributed by atoms with E-state index in [-0.39, 0.29) is 23.6 Å². The highest BCUT2D eigenvalue weighted by Crippen LogP contribution is 2.31. The molecule has 4 heterocycles. The lowest BCUT2D eigenvalue weighted by molar-refractivity contribution is -0.116. The molecule has 1 aromatic carbocycles. The van der Waals surface area contributed by atoms with E-state index in [9.17, 15) is 9.59 Å². The number of rotatable bonds is 4. The van der Waals surface area contributed by atoms with Crippen LogP contribution in [0, 0.1) is 0 Å². The molecule has 0 aliphatic carbocycles. The van der Waals surface area contributed by atoms with Crippen molar-refractivity contribution in [2.24, 2.45) is 0 Å². The predicted octanol–water partition coefficient (Wildman–Crippen LogP) is 3.04. The van der Waals surface area contributed by atoms with E-state index in [0.29, 0.717) is 41.1 Å². The molecule has 32 heavy (non-hydrogen) atoms. The second-order valence-corrected chi connectivity index (χ2v) is 8.41. The van der Waals surface area contributed by atoms with Crippen LogP contribution in [0.25, 0.3) is 22.2 Å². The topological polar surface area (TPSA) is 108 Å². The van der Waals surface area contributed by atoms with Crippen LogP contribution in [0.1, 0.15) is 25.1 Å². The maximum Gasteiger partial charge on any atom is 0.297 e. The minimum Gasteiger partial charge on any atom is -0.497 e. The first-order chi connectivity index (χ1) is 15.3. The number of amides is 1. The number of hydrogen-bond donors (Lipinski definition) is 1. The highest BCUT2D eigenvalue weighted by Gasteiger charge is 2.28. The number of anilines is 1. The lowest BCUT2D eigenvalue weighted by Crippen LogP contribution is -2.32. The predicted molar refractivity (Wildman–Crippen MR) is 118 cm³/mol. The van der Waals surface area contributed by atoms with Crippen molar-refractivity contribution in [3.05, 3.63) is 58.3 Å². The van der Waals surface area contributed by atoms with Crippen molar-refractivity contribution in [2.45, 2.75) is 39.0 Å². The van der Waals surface area contributed by atoms with Crippen LogP contribution in [0.5, 0.6) is 5.75 Å². The van der Waals surface area contributed by atoms with Gasteiger partial charge in [0.1, 0.15) is 17.8 Å². The number of nitrogens with one attached hydrogen (secondary N) is 1. The van der Waals surface area contributed by atoms with Crippen molar-refractivity contribution in [1.29, 1.82) is 0 Å². The molecule has 0 radical (unpaired) electrons. The van der Waals surface area contributed by atoms with Gasteiger partial charge in [-0.15, -0.1) is 0 Å². The van der Waals surface area contributed by atoms with Gasteiger partial charge in [-0.05, 0) is 32.0 Å². The fourth-order valence-corrected chi connectivity index (χ4v) is 3.85. The summed E-state index contributed by atoms with van der Waals surface area (Å²) in [4.78, 5) is 34.5. The van der Waals surface area contributed by atoms with Crippen LogP contribution in [0.2, 0.25) is 0 Å². The maximum atomic E-state index is 13.0. The zero-order valence-corrected chi connectivity index (χ0v) is 18.0. The highest BCUT2D eigenvalue weighted by molar-refractivity contribution is 6.00. The fraction of sp³-hybridized carbons (Fsp3) is 0.304. The molecule has 0 fully saturated rings. The average molecular weight is 434 g/mol. The number of nitrogens with zero attached hydrogens (tertiary/aromatic N) is 3. The Kier molecular flexibility index (Phi) is 4.70. The molecule has 3 aromatic heterocycles. The molecule has 1 amide bonds. The second-order valence-electron chi connectivity index (χ2n) is 8.41. The van der Waals surface area contributed by atoms with Gasteiger partial charge in [0.2, 0.25) is 17.2 Å². The smallest absolute Gasteiger partial charge is 0.297 e. The number of hydrogen-bond acceptors (Lipinski definition) is 7. The van der Waals surface area contributed by atoms with Crippen LogP contribution in [0.3, 0.4) is 0 Å². The third-order valence-corrected chi connectivity index (χ3v) is 5.49. The van der Waals surface area contributed by atoms with Crippen molar-refractivity contribution in [2.75, 3.05) is 12.4 Å². The van der Waals surface area contributed by atoms with Crippen molar-refractivity contribution >= 4 is 33.8 Å². The van der Waals surface area contributed by atoms with E-state index in [2.05, 4.69) is 15.3 Å². The number of carbonyl (C=O) groups excluding carboxylic acids is 1. The lowest BCUT2D eigenvalue weighted by atomic mass is 9.95. The molecular weight excluding hydrogens is 412 g/mol. The Labute approximate surface area is 183 Å². The largest absolute Gasteiger partial charge is 0.497 e. The van der Waals surface area contributed by atoms with Crippen LogP contribution in [0.4, 0.5) is 5.69 Å². The fourth-order valence-electron chi connectivity index (χ4n) is 3.85. The summed E-state index contributed by atoms with van der Waals surface area (Å²) in [6.07, 6.45) is 2.00. The number of pyridine rings is 1. The Bertz CT molecular complexity index is 1420. The van der Waals surface area contributed by atoms with Gasteiger partial charge in [-0.2, -0.15) is 0 Å². The van der Waals surface area contributed by atoms with Crippen LogP contribution in [-0.2, 0) is 29.1 Å². The Hall–Kier alpha value is -3.72. The van der Waals surface area contributed by atoms with E-state index in [0.717, 1.165) is 11.3 Å². The molecule has 1 aliphatic heterocycles. The van der Waals surface area contributed by atoms with Gasteiger partial charge in [0.15, 0.2) is 0 Å². The van der Waals surface area contributed by atoms with Gasteiger partial charge in [-0.3, -0.25) is 14.2 Å². The lowest BCUT2D eigenvalue weighted by Gasteiger charge is -2.30. The van der Waals surface area contributed by atoms with Crippen molar-refractivity contribution in [3.8, 4) is 5.75 Å². The van der Waals surface area contributed by atoms with Crippen molar-refractivity contribution < 1.29 is 18.7 Å². The molecule has 9 heteroatoms. The van der Waals surface area contributed by atoms with E-state index < -0.39 is 5.56 Å². The molecule has 0 atom stereocenters. The molecule has 5 rings (SSSR count). The van der Waals surface area contributed by atoms with Gasteiger partial charge in [0.05, 0.1) is 36.7 Å². The van der Waals surface area contributed by atoms with E-state index in [1.165, 1.54) is 10.9 Å². The first-order valence-electron chi connectivity index (χ1n) is 10.2.